The van der Waals surface area contributed by atoms with Gasteiger partial charge in [-0.1, -0.05) is 12.2 Å². The molecular weight excluding hydrogens is 279 g/mol. The summed E-state index contributed by atoms with van der Waals surface area (Å²) < 4.78 is 14.0. The molecule has 0 saturated carbocycles. The van der Waals surface area contributed by atoms with Gasteiger partial charge in [0.1, 0.15) is 16.3 Å². The summed E-state index contributed by atoms with van der Waals surface area (Å²) >= 11 is 8.10. The number of H-pyrrole nitrogens is 1. The fraction of sp³-hybridized carbons (Fsp3) is 0. The number of nitrogens with one attached hydrogen (secondary N) is 1. The lowest BCUT2D eigenvalue weighted by molar-refractivity contribution is 0.621. The van der Waals surface area contributed by atoms with Crippen LogP contribution in [0.1, 0.15) is 0 Å². The third kappa shape index (κ3) is 2.30. The van der Waals surface area contributed by atoms with E-state index in [4.69, 9.17) is 12.2 Å². The van der Waals surface area contributed by atoms with Gasteiger partial charge in [0.25, 0.3) is 0 Å². The number of rotatable bonds is 1. The number of aromatic amines is 1. The Balaban J connectivity index is 2.55. The van der Waals surface area contributed by atoms with Gasteiger partial charge < -0.3 is 4.98 Å². The quantitative estimate of drug-likeness (QED) is 0.809. The normalized spacial score (nSPS) is 10.3. The molecule has 0 bridgehead atoms. The lowest BCUT2D eigenvalue weighted by Gasteiger charge is -2.01. The zero-order valence-corrected chi connectivity index (χ0v) is 9.90. The molecule has 0 aliphatic rings. The molecule has 0 aliphatic heterocycles. The second-order valence-corrected chi connectivity index (χ2v) is 4.21. The highest BCUT2D eigenvalue weighted by molar-refractivity contribution is 9.10. The fourth-order valence-electron chi connectivity index (χ4n) is 1.16. The molecule has 2 nitrogen and oxygen atoms in total. The largest absolute Gasteiger partial charge is 0.331 e. The second-order valence-electron chi connectivity index (χ2n) is 2.91. The van der Waals surface area contributed by atoms with Crippen LogP contribution in [-0.4, -0.2) is 9.97 Å². The van der Waals surface area contributed by atoms with E-state index in [9.17, 15) is 4.39 Å². The lowest BCUT2D eigenvalue weighted by atomic mass is 10.2. The summed E-state index contributed by atoms with van der Waals surface area (Å²) in [5, 5.41) is 0. The Morgan fingerprint density at radius 1 is 1.33 bits per heavy atom. The Bertz CT molecular complexity index is 553. The molecule has 1 aromatic carbocycles. The molecule has 0 atom stereocenters. The molecular formula is C10H6BrFN2S. The molecule has 1 heterocycles. The summed E-state index contributed by atoms with van der Waals surface area (Å²) in [4.78, 5) is 7.05. The van der Waals surface area contributed by atoms with Crippen molar-refractivity contribution in [3.05, 3.63) is 45.4 Å². The first kappa shape index (κ1) is 10.4. The molecule has 0 amide bonds. The minimum atomic E-state index is -0.298. The maximum Gasteiger partial charge on any atom is 0.138 e. The molecule has 0 radical (unpaired) electrons. The highest BCUT2D eigenvalue weighted by Gasteiger charge is 2.03. The molecule has 15 heavy (non-hydrogen) atoms. The number of aromatic nitrogens is 2. The first-order valence-electron chi connectivity index (χ1n) is 4.17. The van der Waals surface area contributed by atoms with Crippen LogP contribution >= 0.6 is 28.1 Å². The van der Waals surface area contributed by atoms with Gasteiger partial charge >= 0.3 is 0 Å². The van der Waals surface area contributed by atoms with Crippen LogP contribution in [0, 0.1) is 10.5 Å². The Morgan fingerprint density at radius 3 is 2.80 bits per heavy atom. The molecule has 1 aromatic heterocycles. The van der Waals surface area contributed by atoms with Crippen LogP contribution in [0.25, 0.3) is 11.4 Å². The van der Waals surface area contributed by atoms with Gasteiger partial charge in [-0.3, -0.25) is 0 Å². The third-order valence-corrected chi connectivity index (χ3v) is 2.71. The Hall–Kier alpha value is -1.07. The van der Waals surface area contributed by atoms with Crippen molar-refractivity contribution in [1.82, 2.24) is 9.97 Å². The van der Waals surface area contributed by atoms with Crippen molar-refractivity contribution in [2.45, 2.75) is 0 Å². The Kier molecular flexibility index (Phi) is 2.93. The van der Waals surface area contributed by atoms with E-state index in [0.717, 1.165) is 5.56 Å². The summed E-state index contributed by atoms with van der Waals surface area (Å²) in [7, 11) is 0. The average Bonchev–Trinajstić information content (AvgIpc) is 2.22. The third-order valence-electron chi connectivity index (χ3n) is 1.86. The SMILES string of the molecule is Fc1ccc(-c2nccc(=S)[nH]2)cc1Br. The predicted molar refractivity (Wildman–Crippen MR) is 62.5 cm³/mol. The van der Waals surface area contributed by atoms with Gasteiger partial charge in [-0.05, 0) is 40.2 Å². The number of benzene rings is 1. The van der Waals surface area contributed by atoms with E-state index >= 15 is 0 Å². The molecule has 5 heteroatoms. The zero-order chi connectivity index (χ0) is 10.8. The monoisotopic (exact) mass is 284 g/mol. The smallest absolute Gasteiger partial charge is 0.138 e. The summed E-state index contributed by atoms with van der Waals surface area (Å²) in [6.45, 7) is 0. The molecule has 2 aromatic rings. The lowest BCUT2D eigenvalue weighted by Crippen LogP contribution is -1.89. The van der Waals surface area contributed by atoms with E-state index in [1.807, 2.05) is 0 Å². The van der Waals surface area contributed by atoms with Crippen molar-refractivity contribution >= 4 is 28.1 Å². The van der Waals surface area contributed by atoms with Crippen LogP contribution in [0.3, 0.4) is 0 Å². The topological polar surface area (TPSA) is 28.7 Å². The van der Waals surface area contributed by atoms with Crippen molar-refractivity contribution < 1.29 is 4.39 Å². The first-order chi connectivity index (χ1) is 7.16. The number of nitrogens with zero attached hydrogens (tertiary/aromatic N) is 1. The molecule has 0 unspecified atom stereocenters. The van der Waals surface area contributed by atoms with Gasteiger partial charge in [-0.2, -0.15) is 0 Å². The van der Waals surface area contributed by atoms with Crippen molar-refractivity contribution in [1.29, 1.82) is 0 Å². The number of hydrogen-bond donors (Lipinski definition) is 1. The number of halogens is 2. The van der Waals surface area contributed by atoms with Crippen LogP contribution in [-0.2, 0) is 0 Å². The molecule has 0 spiro atoms. The van der Waals surface area contributed by atoms with Gasteiger partial charge in [0.05, 0.1) is 4.47 Å². The molecule has 76 valence electrons. The highest BCUT2D eigenvalue weighted by atomic mass is 79.9. The molecule has 0 fully saturated rings. The molecule has 0 saturated heterocycles. The second kappa shape index (κ2) is 4.20. The van der Waals surface area contributed by atoms with E-state index in [-0.39, 0.29) is 5.82 Å². The van der Waals surface area contributed by atoms with Gasteiger partial charge in [0.15, 0.2) is 0 Å². The minimum Gasteiger partial charge on any atom is -0.331 e. The van der Waals surface area contributed by atoms with E-state index in [1.54, 1.807) is 24.4 Å². The standard InChI is InChI=1S/C10H6BrFN2S/c11-7-5-6(1-2-8(7)12)10-13-4-3-9(15)14-10/h1-5H,(H,13,14,15). The van der Waals surface area contributed by atoms with Crippen LogP contribution in [0.2, 0.25) is 0 Å². The Labute approximate surface area is 99.3 Å². The average molecular weight is 285 g/mol. The molecule has 0 aliphatic carbocycles. The maximum absolute atomic E-state index is 13.0. The van der Waals surface area contributed by atoms with Gasteiger partial charge in [-0.15, -0.1) is 0 Å². The van der Waals surface area contributed by atoms with Gasteiger partial charge in [0, 0.05) is 11.8 Å². The van der Waals surface area contributed by atoms with Crippen molar-refractivity contribution in [3.8, 4) is 11.4 Å². The van der Waals surface area contributed by atoms with Gasteiger partial charge in [0.2, 0.25) is 0 Å². The Morgan fingerprint density at radius 2 is 2.13 bits per heavy atom. The summed E-state index contributed by atoms with van der Waals surface area (Å²) in [5.74, 6) is 0.330. The van der Waals surface area contributed by atoms with E-state index in [0.29, 0.717) is 14.9 Å². The van der Waals surface area contributed by atoms with Crippen LogP contribution in [0.5, 0.6) is 0 Å². The fourth-order valence-corrected chi connectivity index (χ4v) is 1.70. The van der Waals surface area contributed by atoms with Crippen LogP contribution < -0.4 is 0 Å². The van der Waals surface area contributed by atoms with Crippen molar-refractivity contribution in [2.75, 3.05) is 0 Å². The molecule has 1 N–H and O–H groups in total. The molecule has 2 rings (SSSR count). The summed E-state index contributed by atoms with van der Waals surface area (Å²) in [6.07, 6.45) is 1.62. The summed E-state index contributed by atoms with van der Waals surface area (Å²) in [6, 6.07) is 6.37. The van der Waals surface area contributed by atoms with E-state index in [1.165, 1.54) is 6.07 Å². The van der Waals surface area contributed by atoms with Crippen molar-refractivity contribution in [2.24, 2.45) is 0 Å². The van der Waals surface area contributed by atoms with Crippen molar-refractivity contribution in [3.63, 3.8) is 0 Å². The first-order valence-corrected chi connectivity index (χ1v) is 5.38. The minimum absolute atomic E-state index is 0.298. The predicted octanol–water partition coefficient (Wildman–Crippen LogP) is 3.71. The van der Waals surface area contributed by atoms with E-state index in [2.05, 4.69) is 25.9 Å². The zero-order valence-electron chi connectivity index (χ0n) is 7.50. The number of hydrogen-bond acceptors (Lipinski definition) is 2. The van der Waals surface area contributed by atoms with E-state index < -0.39 is 0 Å². The van der Waals surface area contributed by atoms with Crippen LogP contribution in [0.4, 0.5) is 4.39 Å². The maximum atomic E-state index is 13.0. The van der Waals surface area contributed by atoms with Crippen LogP contribution in [0.15, 0.2) is 34.9 Å². The van der Waals surface area contributed by atoms with Gasteiger partial charge in [-0.25, -0.2) is 9.37 Å². The summed E-state index contributed by atoms with van der Waals surface area (Å²) in [5.41, 5.74) is 0.787. The highest BCUT2D eigenvalue weighted by Crippen LogP contribution is 2.22.